The molecule has 3 rings (SSSR count). The molecule has 2 aromatic carbocycles. The van der Waals surface area contributed by atoms with E-state index in [0.717, 1.165) is 17.3 Å². The topological polar surface area (TPSA) is 82.8 Å². The summed E-state index contributed by atoms with van der Waals surface area (Å²) >= 11 is 13.1. The van der Waals surface area contributed by atoms with Crippen molar-refractivity contribution in [3.63, 3.8) is 0 Å². The summed E-state index contributed by atoms with van der Waals surface area (Å²) in [5, 5.41) is 5.35. The number of aryl methyl sites for hydroxylation is 1. The standard InChI is InChI=1S/C24H24Br2ClN3O4/c1-4-6-7-21-29-20-9-8-16(25)11-18(20)23(31)30(21)28-13-15-10-17(27)12-19(26)22(15)34-14(3)24(32)33-5-2/h8-14H,4-7H2,1-3H3/t14-/m0/s1. The molecule has 0 unspecified atom stereocenters. The molecule has 1 heterocycles. The van der Waals surface area contributed by atoms with Crippen molar-refractivity contribution < 1.29 is 14.3 Å². The van der Waals surface area contributed by atoms with Gasteiger partial charge in [0.15, 0.2) is 6.10 Å². The first-order chi connectivity index (χ1) is 16.2. The average molecular weight is 614 g/mol. The third kappa shape index (κ3) is 6.25. The Hall–Kier alpha value is -2.23. The number of fused-ring (bicyclic) bond motifs is 1. The Morgan fingerprint density at radius 1 is 1.26 bits per heavy atom. The van der Waals surface area contributed by atoms with Gasteiger partial charge in [-0.1, -0.05) is 40.9 Å². The van der Waals surface area contributed by atoms with Crippen molar-refractivity contribution in [2.45, 2.75) is 46.1 Å². The van der Waals surface area contributed by atoms with Gasteiger partial charge in [0.2, 0.25) is 0 Å². The number of aromatic nitrogens is 2. The summed E-state index contributed by atoms with van der Waals surface area (Å²) in [5.74, 6) is 0.421. The number of halogens is 3. The van der Waals surface area contributed by atoms with E-state index in [9.17, 15) is 9.59 Å². The van der Waals surface area contributed by atoms with Gasteiger partial charge in [-0.05, 0) is 66.5 Å². The summed E-state index contributed by atoms with van der Waals surface area (Å²) in [4.78, 5) is 30.1. The maximum Gasteiger partial charge on any atom is 0.347 e. The second-order valence-corrected chi connectivity index (χ2v) is 9.68. The van der Waals surface area contributed by atoms with Crippen molar-refractivity contribution in [2.75, 3.05) is 6.61 Å². The maximum absolute atomic E-state index is 13.3. The zero-order valence-corrected chi connectivity index (χ0v) is 22.9. The number of benzene rings is 2. The van der Waals surface area contributed by atoms with Crippen LogP contribution in [0.25, 0.3) is 10.9 Å². The smallest absolute Gasteiger partial charge is 0.347 e. The fraction of sp³-hybridized carbons (Fsp3) is 0.333. The Morgan fingerprint density at radius 3 is 2.74 bits per heavy atom. The van der Waals surface area contributed by atoms with Crippen molar-refractivity contribution in [1.82, 2.24) is 9.66 Å². The van der Waals surface area contributed by atoms with Crippen molar-refractivity contribution in [3.05, 3.63) is 66.0 Å². The van der Waals surface area contributed by atoms with Gasteiger partial charge >= 0.3 is 5.97 Å². The Bertz CT molecular complexity index is 1290. The lowest BCUT2D eigenvalue weighted by Gasteiger charge is -2.17. The molecule has 34 heavy (non-hydrogen) atoms. The van der Waals surface area contributed by atoms with Crippen LogP contribution in [-0.2, 0) is 16.0 Å². The fourth-order valence-corrected chi connectivity index (χ4v) is 4.50. The minimum atomic E-state index is -0.855. The zero-order valence-electron chi connectivity index (χ0n) is 19.0. The van der Waals surface area contributed by atoms with Gasteiger partial charge in [0.1, 0.15) is 11.6 Å². The Morgan fingerprint density at radius 2 is 2.03 bits per heavy atom. The van der Waals surface area contributed by atoms with E-state index in [1.807, 2.05) is 6.07 Å². The van der Waals surface area contributed by atoms with E-state index in [0.29, 0.717) is 44.0 Å². The number of unbranched alkanes of at least 4 members (excludes halogenated alkanes) is 1. The highest BCUT2D eigenvalue weighted by Gasteiger charge is 2.20. The van der Waals surface area contributed by atoms with E-state index in [4.69, 9.17) is 21.1 Å². The molecule has 0 N–H and O–H groups in total. The van der Waals surface area contributed by atoms with Crippen LogP contribution < -0.4 is 10.3 Å². The number of hydrogen-bond acceptors (Lipinski definition) is 6. The molecule has 0 aliphatic heterocycles. The molecule has 0 spiro atoms. The zero-order chi connectivity index (χ0) is 24.8. The molecule has 3 aromatic rings. The molecule has 7 nitrogen and oxygen atoms in total. The molecular formula is C24H24Br2ClN3O4. The molecule has 0 aliphatic rings. The third-order valence-corrected chi connectivity index (χ3v) is 6.19. The SMILES string of the molecule is CCCCc1nc2ccc(Br)cc2c(=O)n1N=Cc1cc(Cl)cc(Br)c1O[C@@H](C)C(=O)OCC. The highest BCUT2D eigenvalue weighted by atomic mass is 79.9. The Labute approximate surface area is 219 Å². The van der Waals surface area contributed by atoms with Crippen molar-refractivity contribution in [1.29, 1.82) is 0 Å². The van der Waals surface area contributed by atoms with E-state index in [1.165, 1.54) is 10.9 Å². The third-order valence-electron chi connectivity index (χ3n) is 4.89. The Balaban J connectivity index is 2.09. The van der Waals surface area contributed by atoms with Gasteiger partial charge in [-0.3, -0.25) is 4.79 Å². The first-order valence-electron chi connectivity index (χ1n) is 10.8. The minimum Gasteiger partial charge on any atom is -0.477 e. The van der Waals surface area contributed by atoms with Crippen LogP contribution >= 0.6 is 43.5 Å². The van der Waals surface area contributed by atoms with E-state index in [2.05, 4.69) is 48.9 Å². The summed E-state index contributed by atoms with van der Waals surface area (Å²) in [6.07, 6.45) is 3.03. The van der Waals surface area contributed by atoms with Crippen LogP contribution in [0.4, 0.5) is 0 Å². The molecule has 0 fully saturated rings. The summed E-state index contributed by atoms with van der Waals surface area (Å²) in [6.45, 7) is 5.64. The maximum atomic E-state index is 13.3. The summed E-state index contributed by atoms with van der Waals surface area (Å²) in [6, 6.07) is 8.68. The van der Waals surface area contributed by atoms with Gasteiger partial charge in [-0.15, -0.1) is 0 Å². The molecule has 0 saturated carbocycles. The quantitative estimate of drug-likeness (QED) is 0.214. The lowest BCUT2D eigenvalue weighted by atomic mass is 10.2. The highest BCUT2D eigenvalue weighted by Crippen LogP contribution is 2.33. The van der Waals surface area contributed by atoms with Gasteiger partial charge in [-0.2, -0.15) is 9.78 Å². The molecule has 1 atom stereocenters. The number of carbonyl (C=O) groups is 1. The van der Waals surface area contributed by atoms with Gasteiger partial charge < -0.3 is 9.47 Å². The monoisotopic (exact) mass is 611 g/mol. The molecule has 0 bridgehead atoms. The minimum absolute atomic E-state index is 0.247. The summed E-state index contributed by atoms with van der Waals surface area (Å²) in [7, 11) is 0. The first kappa shape index (κ1) is 26.4. The van der Waals surface area contributed by atoms with Crippen LogP contribution in [0.2, 0.25) is 5.02 Å². The average Bonchev–Trinajstić information content (AvgIpc) is 2.79. The summed E-state index contributed by atoms with van der Waals surface area (Å²) in [5.41, 5.74) is 0.818. The number of ether oxygens (including phenoxy) is 2. The molecule has 10 heteroatoms. The normalized spacial score (nSPS) is 12.3. The highest BCUT2D eigenvalue weighted by molar-refractivity contribution is 9.10. The van der Waals surface area contributed by atoms with E-state index in [1.54, 1.807) is 38.1 Å². The van der Waals surface area contributed by atoms with Crippen LogP contribution in [0.1, 0.15) is 45.0 Å². The van der Waals surface area contributed by atoms with Crippen LogP contribution in [0, 0.1) is 0 Å². The lowest BCUT2D eigenvalue weighted by molar-refractivity contribution is -0.150. The van der Waals surface area contributed by atoms with Gasteiger partial charge in [-0.25, -0.2) is 9.78 Å². The van der Waals surface area contributed by atoms with Crippen LogP contribution in [-0.4, -0.2) is 34.6 Å². The van der Waals surface area contributed by atoms with E-state index >= 15 is 0 Å². The molecule has 0 radical (unpaired) electrons. The number of rotatable bonds is 9. The van der Waals surface area contributed by atoms with Crippen molar-refractivity contribution >= 4 is 66.5 Å². The van der Waals surface area contributed by atoms with Crippen LogP contribution in [0.15, 0.2) is 49.2 Å². The number of nitrogens with zero attached hydrogens (tertiary/aromatic N) is 3. The Kier molecular flexibility index (Phi) is 9.27. The van der Waals surface area contributed by atoms with Gasteiger partial charge in [0.25, 0.3) is 5.56 Å². The predicted molar refractivity (Wildman–Crippen MR) is 141 cm³/mol. The number of hydrogen-bond donors (Lipinski definition) is 0. The largest absolute Gasteiger partial charge is 0.477 e. The first-order valence-corrected chi connectivity index (χ1v) is 12.8. The second kappa shape index (κ2) is 12.0. The lowest BCUT2D eigenvalue weighted by Crippen LogP contribution is -2.26. The molecule has 180 valence electrons. The van der Waals surface area contributed by atoms with Crippen LogP contribution in [0.3, 0.4) is 0 Å². The van der Waals surface area contributed by atoms with Gasteiger partial charge in [0.05, 0.1) is 28.2 Å². The molecule has 0 aliphatic carbocycles. The number of esters is 1. The van der Waals surface area contributed by atoms with Gasteiger partial charge in [0, 0.05) is 21.5 Å². The fourth-order valence-electron chi connectivity index (χ4n) is 3.22. The van der Waals surface area contributed by atoms with Crippen molar-refractivity contribution in [2.24, 2.45) is 5.10 Å². The molecule has 1 aromatic heterocycles. The predicted octanol–water partition coefficient (Wildman–Crippen LogP) is 6.13. The van der Waals surface area contributed by atoms with E-state index < -0.39 is 12.1 Å². The molecule has 0 saturated heterocycles. The summed E-state index contributed by atoms with van der Waals surface area (Å²) < 4.78 is 13.5. The van der Waals surface area contributed by atoms with Crippen molar-refractivity contribution in [3.8, 4) is 5.75 Å². The second-order valence-electron chi connectivity index (χ2n) is 7.47. The van der Waals surface area contributed by atoms with E-state index in [-0.39, 0.29) is 12.2 Å². The molecular weight excluding hydrogens is 590 g/mol. The number of carbonyl (C=O) groups excluding carboxylic acids is 1. The molecule has 0 amide bonds. The van der Waals surface area contributed by atoms with Crippen LogP contribution in [0.5, 0.6) is 5.75 Å².